The van der Waals surface area contributed by atoms with Crippen molar-refractivity contribution in [2.75, 3.05) is 0 Å². The average molecular weight is 316 g/mol. The van der Waals surface area contributed by atoms with Crippen LogP contribution in [-0.2, 0) is 9.59 Å². The molecule has 1 amide bonds. The van der Waals surface area contributed by atoms with E-state index in [1.54, 1.807) is 25.1 Å². The number of carbonyl (C=O) groups excluding carboxylic acids is 1. The van der Waals surface area contributed by atoms with E-state index in [4.69, 9.17) is 21.4 Å². The number of carboxylic acid groups (broad SMARTS) is 1. The van der Waals surface area contributed by atoms with Gasteiger partial charge in [-0.3, -0.25) is 4.79 Å². The van der Waals surface area contributed by atoms with Gasteiger partial charge < -0.3 is 20.3 Å². The Morgan fingerprint density at radius 2 is 1.95 bits per heavy atom. The summed E-state index contributed by atoms with van der Waals surface area (Å²) in [6.45, 7) is 4.56. The molecule has 1 aromatic rings. The van der Waals surface area contributed by atoms with E-state index in [1.165, 1.54) is 13.8 Å². The highest BCUT2D eigenvalue weighted by atomic mass is 35.5. The highest BCUT2D eigenvalue weighted by Gasteiger charge is 2.27. The number of hydrogen-bond acceptors (Lipinski definition) is 4. The van der Waals surface area contributed by atoms with E-state index in [9.17, 15) is 14.7 Å². The lowest BCUT2D eigenvalue weighted by Gasteiger charge is -2.21. The third kappa shape index (κ3) is 4.91. The maximum Gasteiger partial charge on any atom is 0.328 e. The molecule has 7 heteroatoms. The first-order chi connectivity index (χ1) is 9.72. The number of aryl methyl sites for hydroxylation is 1. The second-order valence-electron chi connectivity index (χ2n) is 4.73. The molecule has 0 aliphatic rings. The fraction of sp³-hybridized carbons (Fsp3) is 0.429. The van der Waals surface area contributed by atoms with Crippen LogP contribution in [0.25, 0.3) is 0 Å². The lowest BCUT2D eigenvalue weighted by atomic mass is 10.1. The van der Waals surface area contributed by atoms with Gasteiger partial charge in [0.2, 0.25) is 0 Å². The molecule has 21 heavy (non-hydrogen) atoms. The first-order valence-corrected chi connectivity index (χ1v) is 6.74. The number of hydrogen-bond donors (Lipinski definition) is 3. The molecule has 0 saturated carbocycles. The van der Waals surface area contributed by atoms with Gasteiger partial charge in [0, 0.05) is 5.02 Å². The molecular weight excluding hydrogens is 298 g/mol. The summed E-state index contributed by atoms with van der Waals surface area (Å²) < 4.78 is 5.48. The first kappa shape index (κ1) is 17.3. The van der Waals surface area contributed by atoms with Crippen LogP contribution in [0.3, 0.4) is 0 Å². The molecule has 0 saturated heterocycles. The van der Waals surface area contributed by atoms with Gasteiger partial charge in [-0.25, -0.2) is 4.79 Å². The Morgan fingerprint density at radius 1 is 1.33 bits per heavy atom. The Balaban J connectivity index is 2.72. The molecule has 0 aliphatic carbocycles. The number of carboxylic acids is 1. The summed E-state index contributed by atoms with van der Waals surface area (Å²) in [5, 5.41) is 21.0. The largest absolute Gasteiger partial charge is 0.481 e. The Bertz CT molecular complexity index is 532. The maximum atomic E-state index is 11.9. The molecule has 0 radical (unpaired) electrons. The molecule has 116 valence electrons. The van der Waals surface area contributed by atoms with Gasteiger partial charge in [-0.15, -0.1) is 0 Å². The van der Waals surface area contributed by atoms with E-state index >= 15 is 0 Å². The lowest BCUT2D eigenvalue weighted by Crippen LogP contribution is -2.51. The van der Waals surface area contributed by atoms with Crippen LogP contribution < -0.4 is 10.1 Å². The third-order valence-corrected chi connectivity index (χ3v) is 3.09. The second-order valence-corrected chi connectivity index (χ2v) is 5.17. The molecule has 3 atom stereocenters. The molecule has 0 heterocycles. The predicted octanol–water partition coefficient (Wildman–Crippen LogP) is 1.37. The summed E-state index contributed by atoms with van der Waals surface area (Å²) in [6.07, 6.45) is -2.12. The van der Waals surface area contributed by atoms with Crippen LogP contribution in [0.5, 0.6) is 5.75 Å². The normalized spacial score (nSPS) is 14.9. The minimum Gasteiger partial charge on any atom is -0.481 e. The van der Waals surface area contributed by atoms with E-state index in [1.807, 2.05) is 0 Å². The van der Waals surface area contributed by atoms with Crippen LogP contribution >= 0.6 is 11.6 Å². The van der Waals surface area contributed by atoms with Gasteiger partial charge >= 0.3 is 5.97 Å². The summed E-state index contributed by atoms with van der Waals surface area (Å²) >= 11 is 5.83. The van der Waals surface area contributed by atoms with Crippen molar-refractivity contribution < 1.29 is 24.5 Å². The van der Waals surface area contributed by atoms with Crippen molar-refractivity contribution >= 4 is 23.5 Å². The monoisotopic (exact) mass is 315 g/mol. The molecule has 0 fully saturated rings. The van der Waals surface area contributed by atoms with Crippen LogP contribution in [0.2, 0.25) is 5.02 Å². The fourth-order valence-corrected chi connectivity index (χ4v) is 1.87. The highest BCUT2D eigenvalue weighted by molar-refractivity contribution is 6.30. The van der Waals surface area contributed by atoms with Crippen molar-refractivity contribution in [3.05, 3.63) is 28.8 Å². The van der Waals surface area contributed by atoms with Gasteiger partial charge in [0.1, 0.15) is 5.75 Å². The number of aliphatic carboxylic acids is 1. The molecule has 1 unspecified atom stereocenters. The van der Waals surface area contributed by atoms with Gasteiger partial charge in [0.05, 0.1) is 6.10 Å². The number of benzene rings is 1. The summed E-state index contributed by atoms with van der Waals surface area (Å²) in [4.78, 5) is 22.8. The number of ether oxygens (including phenoxy) is 1. The molecule has 1 aromatic carbocycles. The smallest absolute Gasteiger partial charge is 0.328 e. The van der Waals surface area contributed by atoms with Crippen LogP contribution in [0, 0.1) is 6.92 Å². The third-order valence-electron chi connectivity index (χ3n) is 2.86. The number of halogens is 1. The molecule has 3 N–H and O–H groups in total. The van der Waals surface area contributed by atoms with Crippen molar-refractivity contribution in [2.24, 2.45) is 0 Å². The van der Waals surface area contributed by atoms with Gasteiger partial charge in [0.25, 0.3) is 5.91 Å². The fourth-order valence-electron chi connectivity index (χ4n) is 1.65. The van der Waals surface area contributed by atoms with Crippen molar-refractivity contribution in [3.8, 4) is 5.75 Å². The van der Waals surface area contributed by atoms with Crippen LogP contribution in [0.4, 0.5) is 0 Å². The molecule has 0 aliphatic heterocycles. The van der Waals surface area contributed by atoms with Crippen LogP contribution in [0.1, 0.15) is 19.4 Å². The Hall–Kier alpha value is -1.79. The SMILES string of the molecule is Cc1cc(Cl)ccc1OC(C)C(=O)N[C@H](C(=O)O)[C@@H](C)O. The molecule has 0 spiro atoms. The van der Waals surface area contributed by atoms with Crippen molar-refractivity contribution in [1.82, 2.24) is 5.32 Å². The summed E-state index contributed by atoms with van der Waals surface area (Å²) in [7, 11) is 0. The number of aliphatic hydroxyl groups excluding tert-OH is 1. The number of amides is 1. The molecular formula is C14H18ClNO5. The molecule has 6 nitrogen and oxygen atoms in total. The highest BCUT2D eigenvalue weighted by Crippen LogP contribution is 2.22. The number of carbonyl (C=O) groups is 2. The van der Waals surface area contributed by atoms with Crippen molar-refractivity contribution in [1.29, 1.82) is 0 Å². The number of aliphatic hydroxyl groups is 1. The standard InChI is InChI=1S/C14H18ClNO5/c1-7-6-10(15)4-5-11(7)21-9(3)13(18)16-12(8(2)17)14(19)20/h4-6,8-9,12,17H,1-3H3,(H,16,18)(H,19,20)/t8-,9?,12+/m1/s1. The zero-order valence-electron chi connectivity index (χ0n) is 12.0. The lowest BCUT2D eigenvalue weighted by molar-refractivity contribution is -0.145. The minimum absolute atomic E-state index is 0.478. The van der Waals surface area contributed by atoms with Gasteiger partial charge in [-0.1, -0.05) is 11.6 Å². The Morgan fingerprint density at radius 3 is 2.43 bits per heavy atom. The minimum atomic E-state index is -1.38. The number of nitrogens with one attached hydrogen (secondary N) is 1. The van der Waals surface area contributed by atoms with E-state index < -0.39 is 30.1 Å². The molecule has 1 rings (SSSR count). The Labute approximate surface area is 127 Å². The van der Waals surface area contributed by atoms with Crippen molar-refractivity contribution in [2.45, 2.75) is 39.0 Å². The number of rotatable bonds is 6. The summed E-state index contributed by atoms with van der Waals surface area (Å²) in [5.74, 6) is -1.46. The average Bonchev–Trinajstić information content (AvgIpc) is 2.37. The topological polar surface area (TPSA) is 95.9 Å². The predicted molar refractivity (Wildman–Crippen MR) is 77.5 cm³/mol. The van der Waals surface area contributed by atoms with E-state index in [0.717, 1.165) is 5.56 Å². The maximum absolute atomic E-state index is 11.9. The summed E-state index contributed by atoms with van der Waals surface area (Å²) in [5.41, 5.74) is 0.757. The first-order valence-electron chi connectivity index (χ1n) is 6.36. The quantitative estimate of drug-likeness (QED) is 0.737. The Kier molecular flexibility index (Phi) is 5.99. The van der Waals surface area contributed by atoms with E-state index in [0.29, 0.717) is 10.8 Å². The second kappa shape index (κ2) is 7.28. The van der Waals surface area contributed by atoms with Gasteiger partial charge in [-0.05, 0) is 44.5 Å². The van der Waals surface area contributed by atoms with Crippen LogP contribution in [0.15, 0.2) is 18.2 Å². The summed E-state index contributed by atoms with van der Waals surface area (Å²) in [6, 6.07) is 3.57. The van der Waals surface area contributed by atoms with E-state index in [2.05, 4.69) is 5.32 Å². The van der Waals surface area contributed by atoms with Crippen molar-refractivity contribution in [3.63, 3.8) is 0 Å². The molecule has 0 bridgehead atoms. The zero-order chi connectivity index (χ0) is 16.2. The van der Waals surface area contributed by atoms with Crippen LogP contribution in [-0.4, -0.2) is 40.3 Å². The van der Waals surface area contributed by atoms with Gasteiger partial charge in [0.15, 0.2) is 12.1 Å². The zero-order valence-corrected chi connectivity index (χ0v) is 12.7. The molecule has 0 aromatic heterocycles. The van der Waals surface area contributed by atoms with Gasteiger partial charge in [-0.2, -0.15) is 0 Å². The van der Waals surface area contributed by atoms with E-state index in [-0.39, 0.29) is 0 Å².